The minimum absolute atomic E-state index is 0.115. The van der Waals surface area contributed by atoms with Crippen molar-refractivity contribution in [3.05, 3.63) is 75.6 Å². The smallest absolute Gasteiger partial charge is 0.315 e. The predicted octanol–water partition coefficient (Wildman–Crippen LogP) is 4.04. The Hall–Kier alpha value is -2.80. The molecule has 0 radical (unpaired) electrons. The molecule has 146 valence electrons. The standard InChI is InChI=1S/C21H25N5OS/c1-3-4-7-16-9-11-18(12-10-16)23-19-20(27)26(22)21(25-24-19)28-14-17-8-5-6-15(2)13-17/h5-6,8-13H,3-4,7,14,22H2,1-2H3,(H,23,24). The van der Waals surface area contributed by atoms with Gasteiger partial charge in [0.2, 0.25) is 11.0 Å². The lowest BCUT2D eigenvalue weighted by atomic mass is 10.1. The van der Waals surface area contributed by atoms with Crippen molar-refractivity contribution < 1.29 is 0 Å². The predicted molar refractivity (Wildman–Crippen MR) is 116 cm³/mol. The van der Waals surface area contributed by atoms with Crippen molar-refractivity contribution in [3.63, 3.8) is 0 Å². The summed E-state index contributed by atoms with van der Waals surface area (Å²) in [6, 6.07) is 16.2. The summed E-state index contributed by atoms with van der Waals surface area (Å²) >= 11 is 1.38. The van der Waals surface area contributed by atoms with Crippen LogP contribution in [-0.4, -0.2) is 14.9 Å². The fourth-order valence-corrected chi connectivity index (χ4v) is 3.58. The van der Waals surface area contributed by atoms with Gasteiger partial charge in [-0.1, -0.05) is 67.1 Å². The highest BCUT2D eigenvalue weighted by Crippen LogP contribution is 2.20. The second-order valence-electron chi connectivity index (χ2n) is 6.71. The van der Waals surface area contributed by atoms with Crippen LogP contribution in [0.25, 0.3) is 0 Å². The molecular formula is C21H25N5OS. The third-order valence-corrected chi connectivity index (χ3v) is 5.36. The SMILES string of the molecule is CCCCc1ccc(Nc2nnc(SCc3cccc(C)c3)n(N)c2=O)cc1. The van der Waals surface area contributed by atoms with Crippen LogP contribution in [0.15, 0.2) is 58.5 Å². The lowest BCUT2D eigenvalue weighted by Gasteiger charge is -2.10. The van der Waals surface area contributed by atoms with E-state index in [-0.39, 0.29) is 5.82 Å². The van der Waals surface area contributed by atoms with Crippen LogP contribution in [-0.2, 0) is 12.2 Å². The Morgan fingerprint density at radius 3 is 2.61 bits per heavy atom. The van der Waals surface area contributed by atoms with Gasteiger partial charge in [0.25, 0.3) is 0 Å². The number of aromatic nitrogens is 3. The van der Waals surface area contributed by atoms with Gasteiger partial charge in [-0.05, 0) is 43.0 Å². The highest BCUT2D eigenvalue weighted by atomic mass is 32.2. The fourth-order valence-electron chi connectivity index (χ4n) is 2.78. The molecule has 1 aromatic heterocycles. The van der Waals surface area contributed by atoms with E-state index in [4.69, 9.17) is 5.84 Å². The third kappa shape index (κ3) is 5.13. The number of nitrogen functional groups attached to an aromatic ring is 1. The molecule has 3 aromatic rings. The Labute approximate surface area is 169 Å². The summed E-state index contributed by atoms with van der Waals surface area (Å²) in [6.45, 7) is 4.22. The van der Waals surface area contributed by atoms with Crippen molar-refractivity contribution in [3.8, 4) is 0 Å². The third-order valence-electron chi connectivity index (χ3n) is 4.35. The van der Waals surface area contributed by atoms with Crippen molar-refractivity contribution in [1.29, 1.82) is 0 Å². The minimum Gasteiger partial charge on any atom is -0.334 e. The monoisotopic (exact) mass is 395 g/mol. The second kappa shape index (κ2) is 9.41. The summed E-state index contributed by atoms with van der Waals surface area (Å²) in [5.41, 5.74) is 3.99. The highest BCUT2D eigenvalue weighted by Gasteiger charge is 2.11. The number of aryl methyl sites for hydroxylation is 2. The van der Waals surface area contributed by atoms with Gasteiger partial charge in [0.1, 0.15) is 0 Å². The number of hydrogen-bond acceptors (Lipinski definition) is 6. The van der Waals surface area contributed by atoms with Crippen molar-refractivity contribution in [2.75, 3.05) is 11.2 Å². The lowest BCUT2D eigenvalue weighted by molar-refractivity contribution is 0.705. The largest absolute Gasteiger partial charge is 0.334 e. The number of thioether (sulfide) groups is 1. The summed E-state index contributed by atoms with van der Waals surface area (Å²) in [4.78, 5) is 12.5. The number of anilines is 2. The van der Waals surface area contributed by atoms with Crippen LogP contribution < -0.4 is 16.7 Å². The maximum absolute atomic E-state index is 12.5. The van der Waals surface area contributed by atoms with E-state index >= 15 is 0 Å². The van der Waals surface area contributed by atoms with Crippen molar-refractivity contribution in [2.24, 2.45) is 0 Å². The van der Waals surface area contributed by atoms with Crippen LogP contribution in [0.4, 0.5) is 11.5 Å². The van der Waals surface area contributed by atoms with E-state index in [1.54, 1.807) is 0 Å². The van der Waals surface area contributed by atoms with E-state index < -0.39 is 5.56 Å². The van der Waals surface area contributed by atoms with E-state index in [0.29, 0.717) is 10.9 Å². The molecule has 0 fully saturated rings. The molecule has 0 aliphatic rings. The van der Waals surface area contributed by atoms with Crippen LogP contribution >= 0.6 is 11.8 Å². The molecule has 6 nitrogen and oxygen atoms in total. The van der Waals surface area contributed by atoms with Gasteiger partial charge in [-0.2, -0.15) is 4.68 Å². The van der Waals surface area contributed by atoms with Crippen molar-refractivity contribution in [1.82, 2.24) is 14.9 Å². The quantitative estimate of drug-likeness (QED) is 0.442. The molecule has 0 atom stereocenters. The van der Waals surface area contributed by atoms with Gasteiger partial charge in [-0.25, -0.2) is 0 Å². The molecule has 0 amide bonds. The average molecular weight is 396 g/mol. The number of nitrogens with zero attached hydrogens (tertiary/aromatic N) is 3. The first-order valence-corrected chi connectivity index (χ1v) is 10.3. The molecular weight excluding hydrogens is 370 g/mol. The van der Waals surface area contributed by atoms with Gasteiger partial charge >= 0.3 is 5.56 Å². The molecule has 0 aliphatic heterocycles. The summed E-state index contributed by atoms with van der Waals surface area (Å²) in [6.07, 6.45) is 3.39. The fraction of sp³-hybridized carbons (Fsp3) is 0.286. The van der Waals surface area contributed by atoms with Crippen LogP contribution in [0.5, 0.6) is 0 Å². The Balaban J connectivity index is 1.68. The van der Waals surface area contributed by atoms with Crippen LogP contribution in [0, 0.1) is 6.92 Å². The number of benzene rings is 2. The molecule has 2 aromatic carbocycles. The van der Waals surface area contributed by atoms with E-state index in [1.807, 2.05) is 37.3 Å². The molecule has 0 spiro atoms. The molecule has 0 saturated heterocycles. The number of rotatable bonds is 8. The van der Waals surface area contributed by atoms with Crippen molar-refractivity contribution >= 4 is 23.3 Å². The lowest BCUT2D eigenvalue weighted by Crippen LogP contribution is -2.32. The topological polar surface area (TPSA) is 85.8 Å². The van der Waals surface area contributed by atoms with E-state index in [0.717, 1.165) is 28.8 Å². The molecule has 7 heteroatoms. The Morgan fingerprint density at radius 1 is 1.11 bits per heavy atom. The van der Waals surface area contributed by atoms with Crippen LogP contribution in [0.2, 0.25) is 0 Å². The minimum atomic E-state index is -0.406. The van der Waals surface area contributed by atoms with Gasteiger partial charge in [-0.3, -0.25) is 4.79 Å². The summed E-state index contributed by atoms with van der Waals surface area (Å²) in [7, 11) is 0. The molecule has 28 heavy (non-hydrogen) atoms. The normalized spacial score (nSPS) is 10.8. The van der Waals surface area contributed by atoms with Crippen LogP contribution in [0.3, 0.4) is 0 Å². The Morgan fingerprint density at radius 2 is 1.89 bits per heavy atom. The van der Waals surface area contributed by atoms with Crippen molar-refractivity contribution in [2.45, 2.75) is 44.0 Å². The molecule has 0 unspecified atom stereocenters. The zero-order valence-electron chi connectivity index (χ0n) is 16.2. The van der Waals surface area contributed by atoms with Gasteiger partial charge < -0.3 is 11.2 Å². The number of nitrogens with one attached hydrogen (secondary N) is 1. The van der Waals surface area contributed by atoms with Gasteiger partial charge in [0, 0.05) is 11.4 Å². The van der Waals surface area contributed by atoms with E-state index in [2.05, 4.69) is 40.6 Å². The number of hydrogen-bond donors (Lipinski definition) is 2. The Kier molecular flexibility index (Phi) is 6.71. The second-order valence-corrected chi connectivity index (χ2v) is 7.65. The first-order valence-electron chi connectivity index (χ1n) is 9.36. The molecule has 0 bridgehead atoms. The number of nitrogens with two attached hydrogens (primary N) is 1. The zero-order chi connectivity index (χ0) is 19.9. The summed E-state index contributed by atoms with van der Waals surface area (Å²) < 4.78 is 1.05. The van der Waals surface area contributed by atoms with Gasteiger partial charge in [0.05, 0.1) is 0 Å². The first-order chi connectivity index (χ1) is 13.6. The van der Waals surface area contributed by atoms with Gasteiger partial charge in [0.15, 0.2) is 0 Å². The van der Waals surface area contributed by atoms with Gasteiger partial charge in [-0.15, -0.1) is 10.2 Å². The molecule has 1 heterocycles. The molecule has 3 N–H and O–H groups in total. The number of unbranched alkanes of at least 4 members (excludes halogenated alkanes) is 1. The maximum atomic E-state index is 12.5. The zero-order valence-corrected chi connectivity index (χ0v) is 17.0. The van der Waals surface area contributed by atoms with E-state index in [9.17, 15) is 4.79 Å². The van der Waals surface area contributed by atoms with Crippen LogP contribution in [0.1, 0.15) is 36.5 Å². The average Bonchev–Trinajstić information content (AvgIpc) is 2.70. The molecule has 3 rings (SSSR count). The van der Waals surface area contributed by atoms with E-state index in [1.165, 1.54) is 29.3 Å². The highest BCUT2D eigenvalue weighted by molar-refractivity contribution is 7.98. The summed E-state index contributed by atoms with van der Waals surface area (Å²) in [5.74, 6) is 6.73. The Bertz CT molecular complexity index is 985. The first kappa shape index (κ1) is 19.9. The molecule has 0 saturated carbocycles. The molecule has 0 aliphatic carbocycles. The summed E-state index contributed by atoms with van der Waals surface area (Å²) in [5, 5.41) is 11.6. The maximum Gasteiger partial charge on any atom is 0.315 e.